The Labute approximate surface area is 144 Å². The summed E-state index contributed by atoms with van der Waals surface area (Å²) >= 11 is 3.34. The fraction of sp³-hybridized carbons (Fsp3) is 0.400. The number of hydrogen-bond acceptors (Lipinski definition) is 5. The highest BCUT2D eigenvalue weighted by atomic mass is 35.5. The molecule has 120 valence electrons. The van der Waals surface area contributed by atoms with E-state index in [1.165, 1.54) is 9.75 Å². The summed E-state index contributed by atoms with van der Waals surface area (Å²) < 4.78 is 5.39. The van der Waals surface area contributed by atoms with E-state index in [1.54, 1.807) is 22.7 Å². The van der Waals surface area contributed by atoms with Gasteiger partial charge in [0.2, 0.25) is 5.91 Å². The van der Waals surface area contributed by atoms with Gasteiger partial charge >= 0.3 is 0 Å². The third-order valence-electron chi connectivity index (χ3n) is 3.39. The molecule has 1 saturated heterocycles. The van der Waals surface area contributed by atoms with Crippen molar-refractivity contribution in [1.82, 2.24) is 10.6 Å². The molecule has 1 unspecified atom stereocenters. The summed E-state index contributed by atoms with van der Waals surface area (Å²) in [6.07, 6.45) is 0.452. The summed E-state index contributed by atoms with van der Waals surface area (Å²) in [5, 5.41) is 10.5. The second-order valence-electron chi connectivity index (χ2n) is 4.96. The number of carbonyl (C=O) groups excluding carboxylic acids is 1. The monoisotopic (exact) mass is 358 g/mol. The molecule has 4 nitrogen and oxygen atoms in total. The van der Waals surface area contributed by atoms with Gasteiger partial charge in [-0.3, -0.25) is 4.79 Å². The molecule has 3 heterocycles. The van der Waals surface area contributed by atoms with Gasteiger partial charge in [-0.2, -0.15) is 0 Å². The highest BCUT2D eigenvalue weighted by molar-refractivity contribution is 7.11. The van der Waals surface area contributed by atoms with Crippen molar-refractivity contribution in [2.24, 2.45) is 0 Å². The van der Waals surface area contributed by atoms with Crippen LogP contribution in [0.4, 0.5) is 0 Å². The highest BCUT2D eigenvalue weighted by Crippen LogP contribution is 2.29. The van der Waals surface area contributed by atoms with Crippen molar-refractivity contribution in [1.29, 1.82) is 0 Å². The molecule has 0 bridgehead atoms. The van der Waals surface area contributed by atoms with Gasteiger partial charge in [0.15, 0.2) is 0 Å². The maximum absolute atomic E-state index is 12.3. The molecule has 1 atom stereocenters. The smallest absolute Gasteiger partial charge is 0.222 e. The zero-order chi connectivity index (χ0) is 14.5. The van der Waals surface area contributed by atoms with Crippen LogP contribution < -0.4 is 10.6 Å². The number of nitrogens with one attached hydrogen (secondary N) is 2. The lowest BCUT2D eigenvalue weighted by Gasteiger charge is -2.24. The SMILES string of the molecule is Cl.O=C(CC1COCCN1)NC(c1cccs1)c1cccs1. The van der Waals surface area contributed by atoms with Crippen LogP contribution in [-0.2, 0) is 9.53 Å². The second-order valence-corrected chi connectivity index (χ2v) is 6.92. The molecule has 2 aromatic rings. The van der Waals surface area contributed by atoms with Crippen molar-refractivity contribution in [3.05, 3.63) is 44.8 Å². The van der Waals surface area contributed by atoms with Gasteiger partial charge in [-0.1, -0.05) is 12.1 Å². The Morgan fingerprint density at radius 3 is 2.50 bits per heavy atom. The van der Waals surface area contributed by atoms with Crippen LogP contribution in [0, 0.1) is 0 Å². The maximum Gasteiger partial charge on any atom is 0.222 e. The Morgan fingerprint density at radius 2 is 2.00 bits per heavy atom. The standard InChI is InChI=1S/C15H18N2O2S2.ClH/c18-14(9-11-10-19-6-5-16-11)17-15(12-3-1-7-20-12)13-4-2-8-21-13;/h1-4,7-8,11,15-16H,5-6,9-10H2,(H,17,18);1H. The summed E-state index contributed by atoms with van der Waals surface area (Å²) in [5.41, 5.74) is 0. The van der Waals surface area contributed by atoms with Gasteiger partial charge < -0.3 is 15.4 Å². The molecule has 22 heavy (non-hydrogen) atoms. The van der Waals surface area contributed by atoms with Gasteiger partial charge in [0, 0.05) is 28.8 Å². The molecular formula is C15H19ClN2O2S2. The second kappa shape index (κ2) is 8.64. The third-order valence-corrected chi connectivity index (χ3v) is 5.27. The molecule has 0 aliphatic carbocycles. The van der Waals surface area contributed by atoms with E-state index < -0.39 is 0 Å². The number of morpholine rings is 1. The first-order valence-corrected chi connectivity index (χ1v) is 8.76. The third kappa shape index (κ3) is 4.54. The van der Waals surface area contributed by atoms with Crippen LogP contribution in [0.5, 0.6) is 0 Å². The average Bonchev–Trinajstić information content (AvgIpc) is 3.19. The first-order chi connectivity index (χ1) is 10.3. The predicted octanol–water partition coefficient (Wildman–Crippen LogP) is 2.82. The molecule has 1 aliphatic heterocycles. The maximum atomic E-state index is 12.3. The van der Waals surface area contributed by atoms with E-state index in [4.69, 9.17) is 4.74 Å². The van der Waals surface area contributed by atoms with E-state index in [0.717, 1.165) is 13.2 Å². The normalized spacial score (nSPS) is 18.0. The predicted molar refractivity (Wildman–Crippen MR) is 93.1 cm³/mol. The average molecular weight is 359 g/mol. The lowest BCUT2D eigenvalue weighted by atomic mass is 10.1. The number of rotatable bonds is 5. The fourth-order valence-corrected chi connectivity index (χ4v) is 4.05. The van der Waals surface area contributed by atoms with Crippen molar-refractivity contribution in [2.45, 2.75) is 18.5 Å². The van der Waals surface area contributed by atoms with Gasteiger partial charge in [-0.15, -0.1) is 35.1 Å². The Morgan fingerprint density at radius 1 is 1.32 bits per heavy atom. The minimum atomic E-state index is -0.0398. The Balaban J connectivity index is 0.00000176. The molecule has 1 amide bonds. The van der Waals surface area contributed by atoms with Gasteiger partial charge in [0.05, 0.1) is 19.3 Å². The number of carbonyl (C=O) groups is 1. The molecule has 3 rings (SSSR count). The molecule has 2 N–H and O–H groups in total. The van der Waals surface area contributed by atoms with Crippen LogP contribution in [0.25, 0.3) is 0 Å². The summed E-state index contributed by atoms with van der Waals surface area (Å²) in [6.45, 7) is 2.15. The van der Waals surface area contributed by atoms with Crippen LogP contribution in [0.2, 0.25) is 0 Å². The van der Waals surface area contributed by atoms with Crippen LogP contribution in [-0.4, -0.2) is 31.7 Å². The molecule has 0 spiro atoms. The first-order valence-electron chi connectivity index (χ1n) is 7.00. The molecule has 0 aromatic carbocycles. The van der Waals surface area contributed by atoms with Crippen LogP contribution in [0.1, 0.15) is 22.2 Å². The van der Waals surface area contributed by atoms with Crippen LogP contribution in [0.15, 0.2) is 35.0 Å². The largest absolute Gasteiger partial charge is 0.378 e. The zero-order valence-corrected chi connectivity index (χ0v) is 14.4. The molecule has 1 fully saturated rings. The van der Waals surface area contributed by atoms with Crippen molar-refractivity contribution in [3.8, 4) is 0 Å². The van der Waals surface area contributed by atoms with E-state index in [9.17, 15) is 4.79 Å². The van der Waals surface area contributed by atoms with E-state index in [0.29, 0.717) is 13.0 Å². The van der Waals surface area contributed by atoms with Gasteiger partial charge in [-0.05, 0) is 22.9 Å². The van der Waals surface area contributed by atoms with Crippen molar-refractivity contribution < 1.29 is 9.53 Å². The Hall–Kier alpha value is -0.920. The Bertz CT molecular complexity index is 520. The summed E-state index contributed by atoms with van der Waals surface area (Å²) in [7, 11) is 0. The Kier molecular flexibility index (Phi) is 6.85. The van der Waals surface area contributed by atoms with Crippen molar-refractivity contribution in [3.63, 3.8) is 0 Å². The fourth-order valence-electron chi connectivity index (χ4n) is 2.39. The number of thiophene rings is 2. The van der Waals surface area contributed by atoms with Gasteiger partial charge in [0.1, 0.15) is 0 Å². The zero-order valence-electron chi connectivity index (χ0n) is 12.0. The van der Waals surface area contributed by atoms with Crippen LogP contribution >= 0.6 is 35.1 Å². The molecule has 0 radical (unpaired) electrons. The number of ether oxygens (including phenoxy) is 1. The van der Waals surface area contributed by atoms with Crippen molar-refractivity contribution >= 4 is 41.0 Å². The lowest BCUT2D eigenvalue weighted by molar-refractivity contribution is -0.122. The minimum absolute atomic E-state index is 0. The number of hydrogen-bond donors (Lipinski definition) is 2. The first kappa shape index (κ1) is 17.4. The number of amides is 1. The van der Waals surface area contributed by atoms with E-state index in [-0.39, 0.29) is 30.4 Å². The quantitative estimate of drug-likeness (QED) is 0.864. The van der Waals surface area contributed by atoms with Crippen LogP contribution in [0.3, 0.4) is 0 Å². The highest BCUT2D eigenvalue weighted by Gasteiger charge is 2.22. The molecular weight excluding hydrogens is 340 g/mol. The summed E-state index contributed by atoms with van der Waals surface area (Å²) in [4.78, 5) is 14.6. The van der Waals surface area contributed by atoms with E-state index in [2.05, 4.69) is 22.8 Å². The minimum Gasteiger partial charge on any atom is -0.378 e. The van der Waals surface area contributed by atoms with E-state index in [1.807, 2.05) is 22.9 Å². The molecule has 0 saturated carbocycles. The van der Waals surface area contributed by atoms with E-state index >= 15 is 0 Å². The number of halogens is 1. The molecule has 1 aliphatic rings. The summed E-state index contributed by atoms with van der Waals surface area (Å²) in [5.74, 6) is 0.0600. The lowest BCUT2D eigenvalue weighted by Crippen LogP contribution is -2.44. The van der Waals surface area contributed by atoms with Gasteiger partial charge in [0.25, 0.3) is 0 Å². The topological polar surface area (TPSA) is 50.4 Å². The van der Waals surface area contributed by atoms with Gasteiger partial charge in [-0.25, -0.2) is 0 Å². The molecule has 7 heteroatoms. The van der Waals surface area contributed by atoms with Crippen molar-refractivity contribution in [2.75, 3.05) is 19.8 Å². The molecule has 2 aromatic heterocycles. The summed E-state index contributed by atoms with van der Waals surface area (Å²) in [6, 6.07) is 8.24.